The summed E-state index contributed by atoms with van der Waals surface area (Å²) in [7, 11) is 0. The monoisotopic (exact) mass is 365 g/mol. The Morgan fingerprint density at radius 3 is 2.78 bits per heavy atom. The highest BCUT2D eigenvalue weighted by Crippen LogP contribution is 2.28. The van der Waals surface area contributed by atoms with Gasteiger partial charge in [0.15, 0.2) is 0 Å². The fraction of sp³-hybridized carbons (Fsp3) is 0.381. The molecule has 6 nitrogen and oxygen atoms in total. The first kappa shape index (κ1) is 19.2. The predicted octanol–water partition coefficient (Wildman–Crippen LogP) is 3.88. The third-order valence-electron chi connectivity index (χ3n) is 4.53. The Morgan fingerprint density at radius 1 is 1.07 bits per heavy atom. The summed E-state index contributed by atoms with van der Waals surface area (Å²) >= 11 is 0. The molecule has 0 amide bonds. The van der Waals surface area contributed by atoms with Crippen LogP contribution in [-0.2, 0) is 13.1 Å². The summed E-state index contributed by atoms with van der Waals surface area (Å²) in [6.07, 6.45) is 5.29. The molecule has 1 aliphatic heterocycles. The van der Waals surface area contributed by atoms with E-state index in [1.54, 1.807) is 6.33 Å². The van der Waals surface area contributed by atoms with E-state index in [0.717, 1.165) is 66.1 Å². The fourth-order valence-corrected chi connectivity index (χ4v) is 3.23. The number of benzene rings is 1. The molecular weight excluding hydrogens is 338 g/mol. The summed E-state index contributed by atoms with van der Waals surface area (Å²) in [5.41, 5.74) is 4.14. The molecule has 0 saturated carbocycles. The first-order chi connectivity index (χ1) is 13.3. The van der Waals surface area contributed by atoms with E-state index in [4.69, 9.17) is 5.11 Å². The maximum Gasteiger partial charge on any atom is 0.138 e. The molecule has 0 saturated heterocycles. The Morgan fingerprint density at radius 2 is 1.93 bits per heavy atom. The molecule has 0 radical (unpaired) electrons. The third kappa shape index (κ3) is 4.59. The third-order valence-corrected chi connectivity index (χ3v) is 4.53. The number of rotatable bonds is 6. The van der Waals surface area contributed by atoms with Crippen LogP contribution in [0.4, 0.5) is 11.5 Å². The van der Waals surface area contributed by atoms with Crippen molar-refractivity contribution in [1.29, 1.82) is 0 Å². The SMILES string of the molecule is CC.OCCCCN1Cc2ncnc(Nc3cnc4ccccc4c3)c2C1. The van der Waals surface area contributed by atoms with Crippen molar-refractivity contribution in [1.82, 2.24) is 19.9 Å². The van der Waals surface area contributed by atoms with Crippen molar-refractivity contribution < 1.29 is 5.11 Å². The summed E-state index contributed by atoms with van der Waals surface area (Å²) in [5, 5.41) is 13.4. The molecule has 0 bridgehead atoms. The highest BCUT2D eigenvalue weighted by atomic mass is 16.2. The van der Waals surface area contributed by atoms with Crippen molar-refractivity contribution in [2.45, 2.75) is 39.8 Å². The van der Waals surface area contributed by atoms with Gasteiger partial charge in [0.05, 0.1) is 23.1 Å². The Bertz CT molecular complexity index is 883. The smallest absolute Gasteiger partial charge is 0.138 e. The highest BCUT2D eigenvalue weighted by molar-refractivity contribution is 5.82. The number of aromatic nitrogens is 3. The zero-order valence-electron chi connectivity index (χ0n) is 16.0. The lowest BCUT2D eigenvalue weighted by molar-refractivity contribution is 0.244. The fourth-order valence-electron chi connectivity index (χ4n) is 3.23. The van der Waals surface area contributed by atoms with Crippen molar-refractivity contribution in [3.63, 3.8) is 0 Å². The summed E-state index contributed by atoms with van der Waals surface area (Å²) in [5.74, 6) is 0.853. The molecule has 0 spiro atoms. The lowest BCUT2D eigenvalue weighted by Crippen LogP contribution is -2.18. The molecule has 0 unspecified atom stereocenters. The Hall–Kier alpha value is -2.57. The maximum absolute atomic E-state index is 8.94. The van der Waals surface area contributed by atoms with E-state index in [1.807, 2.05) is 38.2 Å². The van der Waals surface area contributed by atoms with E-state index in [0.29, 0.717) is 0 Å². The molecule has 3 heterocycles. The van der Waals surface area contributed by atoms with Crippen LogP contribution in [0.3, 0.4) is 0 Å². The first-order valence-electron chi connectivity index (χ1n) is 9.61. The minimum absolute atomic E-state index is 0.252. The highest BCUT2D eigenvalue weighted by Gasteiger charge is 2.23. The van der Waals surface area contributed by atoms with Gasteiger partial charge in [0, 0.05) is 30.6 Å². The molecule has 142 valence electrons. The normalized spacial score (nSPS) is 13.1. The number of aliphatic hydroxyl groups excluding tert-OH is 1. The molecule has 3 aromatic rings. The lowest BCUT2D eigenvalue weighted by Gasteiger charge is -2.14. The van der Waals surface area contributed by atoms with Crippen LogP contribution in [0.25, 0.3) is 10.9 Å². The number of unbranched alkanes of at least 4 members (excludes halogenated alkanes) is 1. The van der Waals surface area contributed by atoms with Gasteiger partial charge in [-0.2, -0.15) is 0 Å². The van der Waals surface area contributed by atoms with E-state index in [1.165, 1.54) is 0 Å². The van der Waals surface area contributed by atoms with Crippen molar-refractivity contribution >= 4 is 22.4 Å². The summed E-state index contributed by atoms with van der Waals surface area (Å²) < 4.78 is 0. The molecule has 27 heavy (non-hydrogen) atoms. The van der Waals surface area contributed by atoms with Crippen LogP contribution in [-0.4, -0.2) is 38.1 Å². The van der Waals surface area contributed by atoms with Crippen LogP contribution in [0.1, 0.15) is 37.9 Å². The molecule has 4 rings (SSSR count). The molecule has 0 atom stereocenters. The van der Waals surface area contributed by atoms with Gasteiger partial charge in [0.1, 0.15) is 12.1 Å². The van der Waals surface area contributed by atoms with E-state index < -0.39 is 0 Å². The second-order valence-corrected chi connectivity index (χ2v) is 6.33. The molecule has 2 aromatic heterocycles. The van der Waals surface area contributed by atoms with Crippen molar-refractivity contribution in [2.24, 2.45) is 0 Å². The molecule has 2 N–H and O–H groups in total. The van der Waals surface area contributed by atoms with Gasteiger partial charge in [-0.15, -0.1) is 0 Å². The van der Waals surface area contributed by atoms with Gasteiger partial charge in [0.25, 0.3) is 0 Å². The van der Waals surface area contributed by atoms with Crippen LogP contribution in [0.15, 0.2) is 42.9 Å². The number of aliphatic hydroxyl groups is 1. The molecule has 0 fully saturated rings. The maximum atomic E-state index is 8.94. The van der Waals surface area contributed by atoms with Gasteiger partial charge in [-0.1, -0.05) is 32.0 Å². The van der Waals surface area contributed by atoms with E-state index in [9.17, 15) is 0 Å². The largest absolute Gasteiger partial charge is 0.396 e. The quantitative estimate of drug-likeness (QED) is 0.646. The Kier molecular flexibility index (Phi) is 6.68. The van der Waals surface area contributed by atoms with Gasteiger partial charge in [-0.3, -0.25) is 9.88 Å². The Labute approximate surface area is 160 Å². The number of hydrogen-bond donors (Lipinski definition) is 2. The molecule has 1 aliphatic rings. The molecular formula is C21H27N5O. The number of hydrogen-bond acceptors (Lipinski definition) is 6. The number of para-hydroxylation sites is 1. The van der Waals surface area contributed by atoms with E-state index in [-0.39, 0.29) is 6.61 Å². The van der Waals surface area contributed by atoms with Gasteiger partial charge in [-0.05, 0) is 31.5 Å². The molecule has 0 aliphatic carbocycles. The van der Waals surface area contributed by atoms with Crippen LogP contribution in [0, 0.1) is 0 Å². The average Bonchev–Trinajstić information content (AvgIpc) is 3.14. The number of fused-ring (bicyclic) bond motifs is 2. The van der Waals surface area contributed by atoms with Gasteiger partial charge in [-0.25, -0.2) is 9.97 Å². The van der Waals surface area contributed by atoms with Crippen LogP contribution >= 0.6 is 0 Å². The number of nitrogens with zero attached hydrogens (tertiary/aromatic N) is 4. The minimum atomic E-state index is 0.252. The predicted molar refractivity (Wildman–Crippen MR) is 109 cm³/mol. The van der Waals surface area contributed by atoms with Gasteiger partial charge < -0.3 is 10.4 Å². The van der Waals surface area contributed by atoms with E-state index in [2.05, 4.69) is 37.3 Å². The molecule has 1 aromatic carbocycles. The second-order valence-electron chi connectivity index (χ2n) is 6.33. The van der Waals surface area contributed by atoms with Crippen molar-refractivity contribution in [3.8, 4) is 0 Å². The lowest BCUT2D eigenvalue weighted by atomic mass is 10.2. The minimum Gasteiger partial charge on any atom is -0.396 e. The number of nitrogens with one attached hydrogen (secondary N) is 1. The summed E-state index contributed by atoms with van der Waals surface area (Å²) in [4.78, 5) is 15.7. The summed E-state index contributed by atoms with van der Waals surface area (Å²) in [6.45, 7) is 6.90. The summed E-state index contributed by atoms with van der Waals surface area (Å²) in [6, 6.07) is 10.2. The van der Waals surface area contributed by atoms with Crippen LogP contribution < -0.4 is 5.32 Å². The first-order valence-corrected chi connectivity index (χ1v) is 9.61. The van der Waals surface area contributed by atoms with E-state index >= 15 is 0 Å². The van der Waals surface area contributed by atoms with Crippen molar-refractivity contribution in [2.75, 3.05) is 18.5 Å². The second kappa shape index (κ2) is 9.39. The van der Waals surface area contributed by atoms with Crippen LogP contribution in [0.5, 0.6) is 0 Å². The zero-order valence-corrected chi connectivity index (χ0v) is 16.0. The molecule has 6 heteroatoms. The standard InChI is InChI=1S/C19H21N5O.C2H6/c25-8-4-3-7-24-11-16-18(12-24)21-13-22-19(16)23-15-9-14-5-1-2-6-17(14)20-10-15;1-2/h1-2,5-6,9-10,13,25H,3-4,7-8,11-12H2,(H,21,22,23);1-2H3. The van der Waals surface area contributed by atoms with Crippen molar-refractivity contribution in [3.05, 3.63) is 54.1 Å². The van der Waals surface area contributed by atoms with Gasteiger partial charge >= 0.3 is 0 Å². The Balaban J connectivity index is 0.00000102. The topological polar surface area (TPSA) is 74.2 Å². The van der Waals surface area contributed by atoms with Gasteiger partial charge in [0.2, 0.25) is 0 Å². The number of anilines is 2. The van der Waals surface area contributed by atoms with Crippen LogP contribution in [0.2, 0.25) is 0 Å². The number of pyridine rings is 1. The zero-order chi connectivity index (χ0) is 19.1. The average molecular weight is 365 g/mol.